The van der Waals surface area contributed by atoms with Crippen molar-refractivity contribution in [2.24, 2.45) is 0 Å². The largest absolute Gasteiger partial charge is 0.393 e. The molecule has 2 aliphatic heterocycles. The van der Waals surface area contributed by atoms with Crippen LogP contribution in [0.5, 0.6) is 0 Å². The van der Waals surface area contributed by atoms with Gasteiger partial charge in [-0.2, -0.15) is 0 Å². The second kappa shape index (κ2) is 6.10. The quantitative estimate of drug-likeness (QED) is 0.841. The van der Waals surface area contributed by atoms with Gasteiger partial charge < -0.3 is 10.0 Å². The number of likely N-dealkylation sites (tertiary alicyclic amines) is 1. The Morgan fingerprint density at radius 3 is 2.88 bits per heavy atom. The van der Waals surface area contributed by atoms with E-state index in [0.29, 0.717) is 5.91 Å². The highest BCUT2D eigenvalue weighted by molar-refractivity contribution is 8.00. The summed E-state index contributed by atoms with van der Waals surface area (Å²) in [5, 5.41) is 9.67. The van der Waals surface area contributed by atoms with Gasteiger partial charge in [-0.3, -0.25) is 4.79 Å². The molecule has 2 rings (SSSR count). The summed E-state index contributed by atoms with van der Waals surface area (Å²) in [4.78, 5) is 14.5. The van der Waals surface area contributed by atoms with Crippen molar-refractivity contribution in [2.75, 3.05) is 12.3 Å². The van der Waals surface area contributed by atoms with E-state index in [2.05, 4.69) is 0 Å². The number of carbonyl (C=O) groups excluding carboxylic acids is 1. The maximum atomic E-state index is 12.4. The molecule has 1 amide bonds. The number of aliphatic hydroxyl groups is 1. The van der Waals surface area contributed by atoms with Crippen LogP contribution in [0.25, 0.3) is 0 Å². The van der Waals surface area contributed by atoms with E-state index in [4.69, 9.17) is 0 Å². The first-order valence-corrected chi connectivity index (χ1v) is 7.83. The Hall–Kier alpha value is -0.220. The van der Waals surface area contributed by atoms with Crippen molar-refractivity contribution < 1.29 is 9.90 Å². The van der Waals surface area contributed by atoms with E-state index in [9.17, 15) is 9.90 Å². The van der Waals surface area contributed by atoms with Crippen LogP contribution in [-0.2, 0) is 4.79 Å². The maximum absolute atomic E-state index is 12.4. The van der Waals surface area contributed by atoms with E-state index in [1.54, 1.807) is 0 Å². The molecule has 0 radical (unpaired) electrons. The Kier molecular flexibility index (Phi) is 4.74. The minimum Gasteiger partial charge on any atom is -0.393 e. The van der Waals surface area contributed by atoms with Gasteiger partial charge in [-0.05, 0) is 44.8 Å². The molecule has 98 valence electrons. The van der Waals surface area contributed by atoms with Crippen molar-refractivity contribution in [3.8, 4) is 0 Å². The van der Waals surface area contributed by atoms with Gasteiger partial charge in [0.2, 0.25) is 5.91 Å². The minimum absolute atomic E-state index is 0.193. The van der Waals surface area contributed by atoms with Crippen molar-refractivity contribution in [2.45, 2.75) is 62.8 Å². The van der Waals surface area contributed by atoms with Crippen molar-refractivity contribution in [3.05, 3.63) is 0 Å². The van der Waals surface area contributed by atoms with Crippen molar-refractivity contribution in [1.82, 2.24) is 4.90 Å². The molecule has 0 aromatic carbocycles. The first-order valence-electron chi connectivity index (χ1n) is 6.78. The molecule has 0 aromatic heterocycles. The molecule has 17 heavy (non-hydrogen) atoms. The molecule has 3 nitrogen and oxygen atoms in total. The van der Waals surface area contributed by atoms with Crippen LogP contribution in [0.15, 0.2) is 0 Å². The number of carbonyl (C=O) groups is 1. The van der Waals surface area contributed by atoms with Crippen LogP contribution >= 0.6 is 11.8 Å². The molecule has 2 fully saturated rings. The van der Waals surface area contributed by atoms with E-state index < -0.39 is 0 Å². The van der Waals surface area contributed by atoms with E-state index in [0.717, 1.165) is 38.0 Å². The molecule has 1 N–H and O–H groups in total. The lowest BCUT2D eigenvalue weighted by Crippen LogP contribution is -2.42. The molecule has 0 saturated carbocycles. The first-order chi connectivity index (χ1) is 8.18. The zero-order valence-electron chi connectivity index (χ0n) is 10.6. The van der Waals surface area contributed by atoms with Gasteiger partial charge in [0.15, 0.2) is 0 Å². The fourth-order valence-corrected chi connectivity index (χ4v) is 4.15. The monoisotopic (exact) mass is 257 g/mol. The lowest BCUT2D eigenvalue weighted by Gasteiger charge is -2.30. The van der Waals surface area contributed by atoms with Crippen LogP contribution in [0.4, 0.5) is 0 Å². The molecule has 2 aliphatic rings. The van der Waals surface area contributed by atoms with E-state index in [1.165, 1.54) is 12.8 Å². The Bertz CT molecular complexity index is 264. The van der Waals surface area contributed by atoms with Gasteiger partial charge >= 0.3 is 0 Å². The summed E-state index contributed by atoms with van der Waals surface area (Å²) >= 11 is 1.83. The van der Waals surface area contributed by atoms with Gasteiger partial charge in [-0.1, -0.05) is 6.42 Å². The second-order valence-electron chi connectivity index (χ2n) is 5.27. The molecule has 0 spiro atoms. The highest BCUT2D eigenvalue weighted by Gasteiger charge is 2.34. The third kappa shape index (κ3) is 3.38. The zero-order chi connectivity index (χ0) is 12.3. The Balaban J connectivity index is 1.92. The summed E-state index contributed by atoms with van der Waals surface area (Å²) in [6.45, 7) is 2.71. The molecule has 3 atom stereocenters. The van der Waals surface area contributed by atoms with Crippen LogP contribution in [0.3, 0.4) is 0 Å². The number of amides is 1. The van der Waals surface area contributed by atoms with E-state index in [-0.39, 0.29) is 17.4 Å². The number of aliphatic hydroxyl groups excluding tert-OH is 1. The van der Waals surface area contributed by atoms with Crippen molar-refractivity contribution in [1.29, 1.82) is 0 Å². The highest BCUT2D eigenvalue weighted by atomic mass is 32.2. The summed E-state index contributed by atoms with van der Waals surface area (Å²) in [7, 11) is 0. The van der Waals surface area contributed by atoms with Crippen molar-refractivity contribution >= 4 is 17.7 Å². The normalized spacial score (nSPS) is 31.5. The van der Waals surface area contributed by atoms with Crippen LogP contribution in [-0.4, -0.2) is 45.6 Å². The lowest BCUT2D eigenvalue weighted by atomic mass is 10.1. The van der Waals surface area contributed by atoms with E-state index >= 15 is 0 Å². The SMILES string of the molecule is CC(O)CC1CCCN1C(=O)C1CCCCS1. The Labute approximate surface area is 108 Å². The number of nitrogens with zero attached hydrogens (tertiary/aromatic N) is 1. The predicted octanol–water partition coefficient (Wildman–Crippen LogP) is 2.03. The second-order valence-corrected chi connectivity index (χ2v) is 6.58. The summed E-state index contributed by atoms with van der Waals surface area (Å²) in [5.41, 5.74) is 0. The molecule has 2 saturated heterocycles. The van der Waals surface area contributed by atoms with Gasteiger partial charge in [-0.15, -0.1) is 11.8 Å². The zero-order valence-corrected chi connectivity index (χ0v) is 11.4. The van der Waals surface area contributed by atoms with Crippen LogP contribution in [0, 0.1) is 0 Å². The van der Waals surface area contributed by atoms with Gasteiger partial charge in [0.1, 0.15) is 0 Å². The Morgan fingerprint density at radius 2 is 2.24 bits per heavy atom. The summed E-state index contributed by atoms with van der Waals surface area (Å²) < 4.78 is 0. The fraction of sp³-hybridized carbons (Fsp3) is 0.923. The smallest absolute Gasteiger partial charge is 0.235 e. The van der Waals surface area contributed by atoms with Gasteiger partial charge in [0, 0.05) is 12.6 Å². The number of hydrogen-bond donors (Lipinski definition) is 1. The summed E-state index contributed by atoms with van der Waals surface area (Å²) in [6, 6.07) is 0.282. The first kappa shape index (κ1) is 13.2. The average Bonchev–Trinajstić information content (AvgIpc) is 2.76. The molecule has 4 heteroatoms. The summed E-state index contributed by atoms with van der Waals surface area (Å²) in [5.74, 6) is 1.46. The van der Waals surface area contributed by atoms with Gasteiger partial charge in [0.25, 0.3) is 0 Å². The molecule has 0 aromatic rings. The maximum Gasteiger partial charge on any atom is 0.235 e. The van der Waals surface area contributed by atoms with Gasteiger partial charge in [0.05, 0.1) is 11.4 Å². The molecule has 0 bridgehead atoms. The molecular formula is C13H23NO2S. The molecule has 0 aliphatic carbocycles. The van der Waals surface area contributed by atoms with E-state index in [1.807, 2.05) is 23.6 Å². The molecule has 3 unspecified atom stereocenters. The molecule has 2 heterocycles. The fourth-order valence-electron chi connectivity index (χ4n) is 2.89. The highest BCUT2D eigenvalue weighted by Crippen LogP contribution is 2.30. The third-order valence-electron chi connectivity index (χ3n) is 3.73. The number of rotatable bonds is 3. The predicted molar refractivity (Wildman–Crippen MR) is 71.1 cm³/mol. The topological polar surface area (TPSA) is 40.5 Å². The molecular weight excluding hydrogens is 234 g/mol. The number of thioether (sulfide) groups is 1. The third-order valence-corrected chi connectivity index (χ3v) is 5.09. The average molecular weight is 257 g/mol. The standard InChI is InChI=1S/C13H23NO2S/c1-10(15)9-11-5-4-7-14(11)13(16)12-6-2-3-8-17-12/h10-12,15H,2-9H2,1H3. The van der Waals surface area contributed by atoms with Crippen LogP contribution < -0.4 is 0 Å². The summed E-state index contributed by atoms with van der Waals surface area (Å²) in [6.07, 6.45) is 6.09. The van der Waals surface area contributed by atoms with Crippen LogP contribution in [0.1, 0.15) is 45.4 Å². The minimum atomic E-state index is -0.299. The number of hydrogen-bond acceptors (Lipinski definition) is 3. The van der Waals surface area contributed by atoms with Crippen molar-refractivity contribution in [3.63, 3.8) is 0 Å². The van der Waals surface area contributed by atoms with Gasteiger partial charge in [-0.25, -0.2) is 0 Å². The van der Waals surface area contributed by atoms with Crippen LogP contribution in [0.2, 0.25) is 0 Å². The Morgan fingerprint density at radius 1 is 1.41 bits per heavy atom. The lowest BCUT2D eigenvalue weighted by molar-refractivity contribution is -0.132.